The van der Waals surface area contributed by atoms with E-state index in [4.69, 9.17) is 0 Å². The van der Waals surface area contributed by atoms with E-state index in [1.807, 2.05) is 4.90 Å². The van der Waals surface area contributed by atoms with Gasteiger partial charge in [0, 0.05) is 12.2 Å². The summed E-state index contributed by atoms with van der Waals surface area (Å²) in [6.45, 7) is 11.6. The molecule has 1 aromatic carbocycles. The summed E-state index contributed by atoms with van der Waals surface area (Å²) in [6, 6.07) is 8.52. The van der Waals surface area contributed by atoms with Crippen molar-refractivity contribution in [3.8, 4) is 0 Å². The number of anilines is 1. The van der Waals surface area contributed by atoms with Crippen LogP contribution in [-0.2, 0) is 10.2 Å². The number of aliphatic hydroxyl groups is 1. The zero-order valence-corrected chi connectivity index (χ0v) is 17.1. The number of carbonyl (C=O) groups is 1. The maximum Gasteiger partial charge on any atom is 0.233 e. The van der Waals surface area contributed by atoms with Crippen LogP contribution in [0, 0.1) is 17.3 Å². The second kappa shape index (κ2) is 6.99. The van der Waals surface area contributed by atoms with Gasteiger partial charge in [-0.15, -0.1) is 0 Å². The lowest BCUT2D eigenvalue weighted by molar-refractivity contribution is -0.128. The number of benzene rings is 1. The largest absolute Gasteiger partial charge is 0.393 e. The fourth-order valence-corrected chi connectivity index (χ4v) is 4.75. The van der Waals surface area contributed by atoms with Crippen LogP contribution in [0.5, 0.6) is 0 Å². The van der Waals surface area contributed by atoms with Gasteiger partial charge < -0.3 is 10.0 Å². The van der Waals surface area contributed by atoms with E-state index in [9.17, 15) is 9.90 Å². The second-order valence-corrected chi connectivity index (χ2v) is 9.86. The smallest absolute Gasteiger partial charge is 0.233 e. The lowest BCUT2D eigenvalue weighted by atomic mass is 9.67. The average molecular weight is 358 g/mol. The highest BCUT2D eigenvalue weighted by Crippen LogP contribution is 2.48. The summed E-state index contributed by atoms with van der Waals surface area (Å²) in [5, 5.41) is 10.4. The Balaban J connectivity index is 1.69. The molecule has 1 aliphatic heterocycles. The molecule has 1 N–H and O–H groups in total. The number of carbonyl (C=O) groups excluding carboxylic acids is 1. The van der Waals surface area contributed by atoms with Crippen molar-refractivity contribution < 1.29 is 9.90 Å². The minimum absolute atomic E-state index is 0.129. The highest BCUT2D eigenvalue weighted by atomic mass is 16.3. The first-order valence-corrected chi connectivity index (χ1v) is 10.2. The Bertz CT molecular complexity index is 633. The molecule has 2 fully saturated rings. The molecular weight excluding hydrogens is 322 g/mol. The van der Waals surface area contributed by atoms with Crippen LogP contribution in [0.3, 0.4) is 0 Å². The molecule has 1 saturated carbocycles. The Labute approximate surface area is 158 Å². The molecule has 26 heavy (non-hydrogen) atoms. The number of hydrogen-bond acceptors (Lipinski definition) is 2. The van der Waals surface area contributed by atoms with Gasteiger partial charge in [0.15, 0.2) is 0 Å². The lowest BCUT2D eigenvalue weighted by Gasteiger charge is -2.38. The van der Waals surface area contributed by atoms with Gasteiger partial charge in [0.25, 0.3) is 0 Å². The predicted octanol–water partition coefficient (Wildman–Crippen LogP) is 4.91. The summed E-state index contributed by atoms with van der Waals surface area (Å²) in [5.74, 6) is 0.957. The predicted molar refractivity (Wildman–Crippen MR) is 107 cm³/mol. The van der Waals surface area contributed by atoms with Crippen LogP contribution in [0.25, 0.3) is 0 Å². The van der Waals surface area contributed by atoms with Gasteiger partial charge in [-0.2, -0.15) is 0 Å². The van der Waals surface area contributed by atoms with Crippen molar-refractivity contribution in [3.63, 3.8) is 0 Å². The van der Waals surface area contributed by atoms with Crippen molar-refractivity contribution >= 4 is 11.6 Å². The fourth-order valence-electron chi connectivity index (χ4n) is 4.75. The Morgan fingerprint density at radius 2 is 1.65 bits per heavy atom. The first-order chi connectivity index (χ1) is 12.1. The highest BCUT2D eigenvalue weighted by Gasteiger charge is 2.49. The highest BCUT2D eigenvalue weighted by molar-refractivity contribution is 6.00. The van der Waals surface area contributed by atoms with Crippen molar-refractivity contribution in [2.24, 2.45) is 17.3 Å². The third kappa shape index (κ3) is 3.55. The molecule has 1 atom stereocenters. The van der Waals surface area contributed by atoms with Gasteiger partial charge in [0.2, 0.25) is 5.91 Å². The molecular formula is C23H35NO2. The summed E-state index contributed by atoms with van der Waals surface area (Å²) in [5.41, 5.74) is 2.27. The van der Waals surface area contributed by atoms with Crippen LogP contribution in [-0.4, -0.2) is 23.7 Å². The van der Waals surface area contributed by atoms with Crippen LogP contribution in [0.1, 0.15) is 72.3 Å². The molecule has 1 aromatic rings. The molecule has 144 valence electrons. The number of hydrogen-bond donors (Lipinski definition) is 1. The SMILES string of the molecule is CC(C)C(O)[C@H]1CC[C@]2(CCN(c3ccc(C(C)(C)C)cc3)C2=O)CC1. The molecule has 3 heteroatoms. The fraction of sp³-hybridized carbons (Fsp3) is 0.696. The first kappa shape index (κ1) is 19.4. The van der Waals surface area contributed by atoms with Gasteiger partial charge in [0.05, 0.1) is 11.5 Å². The summed E-state index contributed by atoms with van der Waals surface area (Å²) >= 11 is 0. The second-order valence-electron chi connectivity index (χ2n) is 9.86. The first-order valence-electron chi connectivity index (χ1n) is 10.2. The maximum absolute atomic E-state index is 13.2. The number of rotatable bonds is 3. The van der Waals surface area contributed by atoms with Gasteiger partial charge in [-0.05, 0) is 67.1 Å². The van der Waals surface area contributed by atoms with Gasteiger partial charge in [-0.1, -0.05) is 46.8 Å². The Kier molecular flexibility index (Phi) is 5.22. The topological polar surface area (TPSA) is 40.5 Å². The molecule has 2 aliphatic rings. The Morgan fingerprint density at radius 1 is 1.08 bits per heavy atom. The molecule has 0 aromatic heterocycles. The van der Waals surface area contributed by atoms with Crippen molar-refractivity contribution in [1.82, 2.24) is 0 Å². The average Bonchev–Trinajstić information content (AvgIpc) is 2.91. The lowest BCUT2D eigenvalue weighted by Crippen LogP contribution is -2.40. The van der Waals surface area contributed by atoms with E-state index in [1.54, 1.807) is 0 Å². The van der Waals surface area contributed by atoms with Gasteiger partial charge in [-0.3, -0.25) is 4.79 Å². The molecule has 1 unspecified atom stereocenters. The maximum atomic E-state index is 13.2. The molecule has 1 heterocycles. The summed E-state index contributed by atoms with van der Waals surface area (Å²) in [7, 11) is 0. The molecule has 0 radical (unpaired) electrons. The standard InChI is InChI=1S/C23H35NO2/c1-16(2)20(25)17-10-12-23(13-11-17)14-15-24(21(23)26)19-8-6-18(7-9-19)22(3,4)5/h6-9,16-17,20,25H,10-15H2,1-5H3/t17-,20?,23+. The van der Waals surface area contributed by atoms with E-state index in [0.29, 0.717) is 17.7 Å². The van der Waals surface area contributed by atoms with Crippen LogP contribution in [0.15, 0.2) is 24.3 Å². The molecule has 0 bridgehead atoms. The molecule has 1 aliphatic carbocycles. The van der Waals surface area contributed by atoms with Crippen LogP contribution >= 0.6 is 0 Å². The molecule has 3 rings (SSSR count). The van der Waals surface area contributed by atoms with E-state index in [-0.39, 0.29) is 16.9 Å². The van der Waals surface area contributed by atoms with E-state index in [1.165, 1.54) is 5.56 Å². The van der Waals surface area contributed by atoms with E-state index in [0.717, 1.165) is 44.3 Å². The van der Waals surface area contributed by atoms with Crippen molar-refractivity contribution in [2.75, 3.05) is 11.4 Å². The van der Waals surface area contributed by atoms with Crippen LogP contribution in [0.2, 0.25) is 0 Å². The van der Waals surface area contributed by atoms with Gasteiger partial charge in [0.1, 0.15) is 0 Å². The van der Waals surface area contributed by atoms with Crippen LogP contribution < -0.4 is 4.90 Å². The minimum atomic E-state index is -0.232. The van der Waals surface area contributed by atoms with Gasteiger partial charge >= 0.3 is 0 Å². The zero-order chi connectivity index (χ0) is 19.1. The van der Waals surface area contributed by atoms with E-state index in [2.05, 4.69) is 58.9 Å². The number of nitrogens with zero attached hydrogens (tertiary/aromatic N) is 1. The third-order valence-corrected chi connectivity index (χ3v) is 6.71. The van der Waals surface area contributed by atoms with E-state index >= 15 is 0 Å². The third-order valence-electron chi connectivity index (χ3n) is 6.71. The van der Waals surface area contributed by atoms with Gasteiger partial charge in [-0.25, -0.2) is 0 Å². The van der Waals surface area contributed by atoms with Crippen molar-refractivity contribution in [3.05, 3.63) is 29.8 Å². The molecule has 1 amide bonds. The van der Waals surface area contributed by atoms with E-state index < -0.39 is 0 Å². The van der Waals surface area contributed by atoms with Crippen LogP contribution in [0.4, 0.5) is 5.69 Å². The number of amides is 1. The molecule has 3 nitrogen and oxygen atoms in total. The number of aliphatic hydroxyl groups excluding tert-OH is 1. The summed E-state index contributed by atoms with van der Waals surface area (Å²) < 4.78 is 0. The normalized spacial score (nSPS) is 28.2. The summed E-state index contributed by atoms with van der Waals surface area (Å²) in [4.78, 5) is 15.2. The molecule has 1 saturated heterocycles. The minimum Gasteiger partial charge on any atom is -0.393 e. The van der Waals surface area contributed by atoms with Crippen molar-refractivity contribution in [1.29, 1.82) is 0 Å². The van der Waals surface area contributed by atoms with Crippen molar-refractivity contribution in [2.45, 2.75) is 78.2 Å². The summed E-state index contributed by atoms with van der Waals surface area (Å²) in [6.07, 6.45) is 4.53. The quantitative estimate of drug-likeness (QED) is 0.834. The Hall–Kier alpha value is -1.35. The monoisotopic (exact) mass is 357 g/mol. The Morgan fingerprint density at radius 3 is 2.15 bits per heavy atom. The molecule has 1 spiro atoms. The zero-order valence-electron chi connectivity index (χ0n) is 17.1.